The van der Waals surface area contributed by atoms with Gasteiger partial charge in [0.25, 0.3) is 5.91 Å². The summed E-state index contributed by atoms with van der Waals surface area (Å²) in [6.07, 6.45) is 1.57. The van der Waals surface area contributed by atoms with E-state index in [9.17, 15) is 4.79 Å². The van der Waals surface area contributed by atoms with Gasteiger partial charge in [0.1, 0.15) is 12.1 Å². The quantitative estimate of drug-likeness (QED) is 0.625. The maximum absolute atomic E-state index is 12.8. The molecule has 0 unspecified atom stereocenters. The Kier molecular flexibility index (Phi) is 5.13. The second-order valence-corrected chi connectivity index (χ2v) is 7.69. The van der Waals surface area contributed by atoms with E-state index in [2.05, 4.69) is 35.9 Å². The summed E-state index contributed by atoms with van der Waals surface area (Å²) in [5.74, 6) is 1.66. The standard InChI is InChI=1S/C20H21BrN6O/c1-14-11-15(2)27(24-14)19-12-18(22-13-23-19)25-7-9-26(10-8-25)20(28)16-5-3-4-6-17(16)21/h3-6,11-13H,7-10H2,1-2H3. The molecule has 1 aromatic carbocycles. The van der Waals surface area contributed by atoms with Crippen molar-refractivity contribution in [1.29, 1.82) is 0 Å². The van der Waals surface area contributed by atoms with Crippen LogP contribution in [0.2, 0.25) is 0 Å². The lowest BCUT2D eigenvalue weighted by atomic mass is 10.2. The van der Waals surface area contributed by atoms with Crippen molar-refractivity contribution >= 4 is 27.7 Å². The van der Waals surface area contributed by atoms with Crippen LogP contribution < -0.4 is 4.90 Å². The molecule has 1 aliphatic rings. The van der Waals surface area contributed by atoms with Crippen LogP contribution in [0.3, 0.4) is 0 Å². The summed E-state index contributed by atoms with van der Waals surface area (Å²) in [7, 11) is 0. The average Bonchev–Trinajstić information content (AvgIpc) is 3.06. The number of aryl methyl sites for hydroxylation is 2. The smallest absolute Gasteiger partial charge is 0.255 e. The molecule has 3 aromatic rings. The van der Waals surface area contributed by atoms with Crippen molar-refractivity contribution in [3.05, 3.63) is 64.1 Å². The topological polar surface area (TPSA) is 67.2 Å². The lowest BCUT2D eigenvalue weighted by Crippen LogP contribution is -2.49. The molecule has 144 valence electrons. The monoisotopic (exact) mass is 440 g/mol. The predicted molar refractivity (Wildman–Crippen MR) is 111 cm³/mol. The Bertz CT molecular complexity index is 1010. The molecule has 1 saturated heterocycles. The summed E-state index contributed by atoms with van der Waals surface area (Å²) in [5.41, 5.74) is 2.69. The van der Waals surface area contributed by atoms with Crippen molar-refractivity contribution in [2.45, 2.75) is 13.8 Å². The molecule has 0 bridgehead atoms. The van der Waals surface area contributed by atoms with E-state index in [0.29, 0.717) is 18.7 Å². The van der Waals surface area contributed by atoms with Gasteiger partial charge in [-0.25, -0.2) is 14.6 Å². The Labute approximate surface area is 172 Å². The number of aromatic nitrogens is 4. The van der Waals surface area contributed by atoms with Crippen molar-refractivity contribution in [2.75, 3.05) is 31.1 Å². The van der Waals surface area contributed by atoms with E-state index in [0.717, 1.165) is 40.6 Å². The van der Waals surface area contributed by atoms with E-state index in [4.69, 9.17) is 0 Å². The minimum Gasteiger partial charge on any atom is -0.353 e. The fourth-order valence-electron chi connectivity index (χ4n) is 3.43. The summed E-state index contributed by atoms with van der Waals surface area (Å²) < 4.78 is 2.65. The zero-order valence-electron chi connectivity index (χ0n) is 15.8. The fourth-order valence-corrected chi connectivity index (χ4v) is 3.88. The molecule has 8 heteroatoms. The van der Waals surface area contributed by atoms with Gasteiger partial charge in [0.2, 0.25) is 0 Å². The highest BCUT2D eigenvalue weighted by Crippen LogP contribution is 2.21. The number of hydrogen-bond acceptors (Lipinski definition) is 5. The van der Waals surface area contributed by atoms with E-state index >= 15 is 0 Å². The van der Waals surface area contributed by atoms with Crippen molar-refractivity contribution < 1.29 is 4.79 Å². The number of piperazine rings is 1. The first-order valence-corrected chi connectivity index (χ1v) is 9.96. The Hall–Kier alpha value is -2.74. The SMILES string of the molecule is Cc1cc(C)n(-c2cc(N3CCN(C(=O)c4ccccc4Br)CC3)ncn2)n1. The van der Waals surface area contributed by atoms with Gasteiger partial charge < -0.3 is 9.80 Å². The number of nitrogens with zero attached hydrogens (tertiary/aromatic N) is 6. The molecule has 0 N–H and O–H groups in total. The summed E-state index contributed by atoms with van der Waals surface area (Å²) >= 11 is 3.47. The first kappa shape index (κ1) is 18.6. The van der Waals surface area contributed by atoms with Gasteiger partial charge in [-0.1, -0.05) is 12.1 Å². The second-order valence-electron chi connectivity index (χ2n) is 6.83. The Morgan fingerprint density at radius 2 is 1.71 bits per heavy atom. The molecule has 1 amide bonds. The van der Waals surface area contributed by atoms with Crippen LogP contribution in [0.5, 0.6) is 0 Å². The van der Waals surface area contributed by atoms with Crippen LogP contribution in [-0.2, 0) is 0 Å². The highest BCUT2D eigenvalue weighted by Gasteiger charge is 2.24. The lowest BCUT2D eigenvalue weighted by molar-refractivity contribution is 0.0745. The van der Waals surface area contributed by atoms with Crippen molar-refractivity contribution in [3.63, 3.8) is 0 Å². The molecular weight excluding hydrogens is 420 g/mol. The zero-order valence-corrected chi connectivity index (χ0v) is 17.4. The third kappa shape index (κ3) is 3.64. The van der Waals surface area contributed by atoms with Gasteiger partial charge in [0, 0.05) is 42.4 Å². The number of benzene rings is 1. The van der Waals surface area contributed by atoms with E-state index in [1.165, 1.54) is 0 Å². The van der Waals surface area contributed by atoms with Gasteiger partial charge in [-0.3, -0.25) is 4.79 Å². The fraction of sp³-hybridized carbons (Fsp3) is 0.300. The normalized spacial score (nSPS) is 14.4. The second kappa shape index (κ2) is 7.71. The van der Waals surface area contributed by atoms with Gasteiger partial charge in [-0.15, -0.1) is 0 Å². The van der Waals surface area contributed by atoms with Crippen molar-refractivity contribution in [3.8, 4) is 5.82 Å². The number of carbonyl (C=O) groups is 1. The first-order chi connectivity index (χ1) is 13.5. The first-order valence-electron chi connectivity index (χ1n) is 9.17. The highest BCUT2D eigenvalue weighted by atomic mass is 79.9. The molecule has 0 aliphatic carbocycles. The largest absolute Gasteiger partial charge is 0.353 e. The molecule has 0 saturated carbocycles. The van der Waals surface area contributed by atoms with Crippen molar-refractivity contribution in [2.24, 2.45) is 0 Å². The molecule has 0 radical (unpaired) electrons. The van der Waals surface area contributed by atoms with Gasteiger partial charge >= 0.3 is 0 Å². The maximum atomic E-state index is 12.8. The maximum Gasteiger partial charge on any atom is 0.255 e. The molecule has 4 rings (SSSR count). The summed E-state index contributed by atoms with van der Waals surface area (Å²) in [5, 5.41) is 4.49. The number of rotatable bonds is 3. The zero-order chi connectivity index (χ0) is 19.7. The molecule has 3 heterocycles. The Balaban J connectivity index is 1.47. The minimum atomic E-state index is 0.0538. The van der Waals surface area contributed by atoms with Gasteiger partial charge in [0.05, 0.1) is 11.3 Å². The molecule has 1 fully saturated rings. The number of hydrogen-bond donors (Lipinski definition) is 0. The molecule has 7 nitrogen and oxygen atoms in total. The minimum absolute atomic E-state index is 0.0538. The van der Waals surface area contributed by atoms with Crippen LogP contribution in [-0.4, -0.2) is 56.7 Å². The third-order valence-corrected chi connectivity index (χ3v) is 5.55. The number of amides is 1. The number of carbonyl (C=O) groups excluding carboxylic acids is 1. The number of halogens is 1. The molecule has 0 atom stereocenters. The van der Waals surface area contributed by atoms with Crippen molar-refractivity contribution in [1.82, 2.24) is 24.6 Å². The lowest BCUT2D eigenvalue weighted by Gasteiger charge is -2.35. The Morgan fingerprint density at radius 3 is 2.39 bits per heavy atom. The molecular formula is C20H21BrN6O. The van der Waals surface area contributed by atoms with E-state index in [1.54, 1.807) is 6.33 Å². The third-order valence-electron chi connectivity index (χ3n) is 4.86. The highest BCUT2D eigenvalue weighted by molar-refractivity contribution is 9.10. The van der Waals surface area contributed by atoms with Gasteiger partial charge in [0.15, 0.2) is 5.82 Å². The van der Waals surface area contributed by atoms with Gasteiger partial charge in [-0.2, -0.15) is 5.10 Å². The molecule has 0 spiro atoms. The van der Waals surface area contributed by atoms with Crippen LogP contribution in [0.1, 0.15) is 21.7 Å². The number of anilines is 1. The summed E-state index contributed by atoms with van der Waals surface area (Å²) in [6.45, 7) is 6.73. The van der Waals surface area contributed by atoms with E-state index < -0.39 is 0 Å². The Morgan fingerprint density at radius 1 is 1.00 bits per heavy atom. The molecule has 28 heavy (non-hydrogen) atoms. The average molecular weight is 441 g/mol. The van der Waals surface area contributed by atoms with E-state index in [1.807, 2.05) is 59.8 Å². The predicted octanol–water partition coefficient (Wildman–Crippen LogP) is 3.00. The summed E-state index contributed by atoms with van der Waals surface area (Å²) in [4.78, 5) is 25.6. The summed E-state index contributed by atoms with van der Waals surface area (Å²) in [6, 6.07) is 11.5. The van der Waals surface area contributed by atoms with Gasteiger partial charge in [-0.05, 0) is 48.0 Å². The molecule has 1 aliphatic heterocycles. The molecule has 2 aromatic heterocycles. The van der Waals surface area contributed by atoms with Crippen LogP contribution in [0.15, 0.2) is 47.2 Å². The van der Waals surface area contributed by atoms with Crippen LogP contribution in [0.25, 0.3) is 5.82 Å². The van der Waals surface area contributed by atoms with Crippen LogP contribution in [0.4, 0.5) is 5.82 Å². The van der Waals surface area contributed by atoms with Crippen LogP contribution >= 0.6 is 15.9 Å². The van der Waals surface area contributed by atoms with Crippen LogP contribution in [0, 0.1) is 13.8 Å². The van der Waals surface area contributed by atoms with E-state index in [-0.39, 0.29) is 5.91 Å².